The van der Waals surface area contributed by atoms with Gasteiger partial charge in [0.15, 0.2) is 0 Å². The van der Waals surface area contributed by atoms with Crippen LogP contribution in [-0.2, 0) is 65.4 Å². The molecule has 1 N–H and O–H groups in total. The summed E-state index contributed by atoms with van der Waals surface area (Å²) in [6.07, 6.45) is 4.26. The van der Waals surface area contributed by atoms with Crippen molar-refractivity contribution in [2.45, 2.75) is 0 Å². The second kappa shape index (κ2) is 6.41. The molecule has 0 aromatic carbocycles. The summed E-state index contributed by atoms with van der Waals surface area (Å²) in [6, 6.07) is 0. The van der Waals surface area contributed by atoms with Crippen LogP contribution in [0.2, 0.25) is 0 Å². The number of hydrogen-bond donors (Lipinski definition) is 1. The molecule has 4 heteroatoms. The molecule has 0 aliphatic heterocycles. The molecular weight excluding hydrogens is 254 g/mol. The maximum absolute atomic E-state index is 3.53. The number of aromatic nitrogens is 2. The number of nitrogens with one attached hydrogen (secondary N) is 1. The third-order valence-electron chi connectivity index (χ3n) is 0.503. The van der Waals surface area contributed by atoms with Gasteiger partial charge in [0.25, 0.3) is 0 Å². The van der Waals surface area contributed by atoms with Crippen molar-refractivity contribution < 1.29 is 65.4 Å². The van der Waals surface area contributed by atoms with E-state index in [4.69, 9.17) is 0 Å². The normalized spacial score (nSPS) is 6.50. The zero-order chi connectivity index (χ0) is 4.41. The van der Waals surface area contributed by atoms with E-state index in [0.717, 1.165) is 5.56 Å². The van der Waals surface area contributed by atoms with Crippen LogP contribution in [0.5, 0.6) is 0 Å². The van der Waals surface area contributed by atoms with E-state index in [2.05, 4.69) is 23.3 Å². The standard InChI is InChI=1S/C4H4N2.2Y/c1-4-2-5-6-3-4;;/h2H,1H2,(H,5,6);;/q-2;;. The van der Waals surface area contributed by atoms with E-state index in [9.17, 15) is 0 Å². The minimum Gasteiger partial charge on any atom is -0.415 e. The van der Waals surface area contributed by atoms with Gasteiger partial charge >= 0.3 is 0 Å². The number of rotatable bonds is 0. The Bertz CT molecular complexity index is 116. The van der Waals surface area contributed by atoms with Crippen molar-refractivity contribution in [2.75, 3.05) is 0 Å². The minimum atomic E-state index is 0. The van der Waals surface area contributed by atoms with E-state index in [1.165, 1.54) is 0 Å². The first-order valence-electron chi connectivity index (χ1n) is 1.63. The van der Waals surface area contributed by atoms with Gasteiger partial charge in [-0.15, -0.1) is 0 Å². The molecule has 0 saturated heterocycles. The molecule has 1 heterocycles. The monoisotopic (exact) mass is 258 g/mol. The molecule has 0 bridgehead atoms. The third-order valence-corrected chi connectivity index (χ3v) is 0.503. The molecule has 2 radical (unpaired) electrons. The Morgan fingerprint density at radius 2 is 2.25 bits per heavy atom. The summed E-state index contributed by atoms with van der Waals surface area (Å²) in [5, 5.41) is 6.07. The van der Waals surface area contributed by atoms with Crippen molar-refractivity contribution in [3.05, 3.63) is 24.9 Å². The van der Waals surface area contributed by atoms with Crippen LogP contribution in [0.3, 0.4) is 0 Å². The Morgan fingerprint density at radius 1 is 1.62 bits per heavy atom. The number of hydrogen-bond acceptors (Lipinski definition) is 1. The summed E-state index contributed by atoms with van der Waals surface area (Å²) in [7, 11) is 0. The molecule has 1 aromatic rings. The van der Waals surface area contributed by atoms with Gasteiger partial charge in [-0.3, -0.25) is 0 Å². The molecule has 0 fully saturated rings. The average Bonchev–Trinajstić information content (AvgIpc) is 1.86. The van der Waals surface area contributed by atoms with Crippen molar-refractivity contribution in [3.63, 3.8) is 0 Å². The first-order chi connectivity index (χ1) is 2.89. The van der Waals surface area contributed by atoms with Crippen molar-refractivity contribution in [1.82, 2.24) is 10.2 Å². The van der Waals surface area contributed by atoms with Gasteiger partial charge in [0, 0.05) is 65.4 Å². The zero-order valence-corrected chi connectivity index (χ0v) is 10.1. The van der Waals surface area contributed by atoms with Gasteiger partial charge in [-0.2, -0.15) is 6.20 Å². The van der Waals surface area contributed by atoms with Crippen molar-refractivity contribution in [2.24, 2.45) is 0 Å². The summed E-state index contributed by atoms with van der Waals surface area (Å²) in [6.45, 7) is 3.53. The molecule has 0 aliphatic carbocycles. The molecule has 0 aliphatic rings. The topological polar surface area (TPSA) is 28.7 Å². The van der Waals surface area contributed by atoms with Crippen LogP contribution in [0.25, 0.3) is 0 Å². The maximum atomic E-state index is 3.53. The molecule has 8 heavy (non-hydrogen) atoms. The van der Waals surface area contributed by atoms with Crippen LogP contribution in [0.4, 0.5) is 0 Å². The van der Waals surface area contributed by atoms with Crippen LogP contribution in [0.1, 0.15) is 5.56 Å². The fourth-order valence-electron chi connectivity index (χ4n) is 0.247. The smallest absolute Gasteiger partial charge is 0 e. The fraction of sp³-hybridized carbons (Fsp3) is 0. The van der Waals surface area contributed by atoms with Crippen LogP contribution in [0, 0.1) is 13.1 Å². The van der Waals surface area contributed by atoms with E-state index in [0.29, 0.717) is 0 Å². The van der Waals surface area contributed by atoms with Gasteiger partial charge in [-0.25, -0.2) is 6.20 Å². The van der Waals surface area contributed by atoms with Crippen LogP contribution in [0.15, 0.2) is 6.20 Å². The molecule has 1 rings (SSSR count). The molecule has 1 aromatic heterocycles. The summed E-state index contributed by atoms with van der Waals surface area (Å²) in [5.41, 5.74) is 0.801. The predicted octanol–water partition coefficient (Wildman–Crippen LogP) is 0.387. The van der Waals surface area contributed by atoms with E-state index in [1.54, 1.807) is 6.20 Å². The maximum Gasteiger partial charge on any atom is 0 e. The van der Waals surface area contributed by atoms with Crippen LogP contribution in [-0.4, -0.2) is 10.2 Å². The van der Waals surface area contributed by atoms with Gasteiger partial charge in [0.1, 0.15) is 0 Å². The molecule has 0 amide bonds. The first kappa shape index (κ1) is 12.0. The summed E-state index contributed by atoms with van der Waals surface area (Å²) >= 11 is 0. The average molecular weight is 258 g/mol. The van der Waals surface area contributed by atoms with Crippen molar-refractivity contribution in [1.29, 1.82) is 0 Å². The van der Waals surface area contributed by atoms with Crippen molar-refractivity contribution >= 4 is 0 Å². The summed E-state index contributed by atoms with van der Waals surface area (Å²) < 4.78 is 0. The van der Waals surface area contributed by atoms with Crippen LogP contribution < -0.4 is 0 Å². The molecule has 0 spiro atoms. The van der Waals surface area contributed by atoms with E-state index < -0.39 is 0 Å². The third kappa shape index (κ3) is 4.19. The Labute approximate surface area is 99.0 Å². The zero-order valence-electron chi connectivity index (χ0n) is 4.39. The second-order valence-electron chi connectivity index (χ2n) is 1.02. The summed E-state index contributed by atoms with van der Waals surface area (Å²) in [5.74, 6) is 0. The predicted molar refractivity (Wildman–Crippen MR) is 21.9 cm³/mol. The summed E-state index contributed by atoms with van der Waals surface area (Å²) in [4.78, 5) is 0. The first-order valence-corrected chi connectivity index (χ1v) is 1.63. The number of aromatic amines is 1. The van der Waals surface area contributed by atoms with Gasteiger partial charge in [0.2, 0.25) is 0 Å². The fourth-order valence-corrected chi connectivity index (χ4v) is 0.247. The minimum absolute atomic E-state index is 0. The van der Waals surface area contributed by atoms with Gasteiger partial charge in [-0.05, 0) is 0 Å². The Hall–Kier alpha value is 1.29. The van der Waals surface area contributed by atoms with Crippen molar-refractivity contribution in [3.8, 4) is 0 Å². The molecule has 0 atom stereocenters. The van der Waals surface area contributed by atoms with Gasteiger partial charge in [-0.1, -0.05) is 0 Å². The Balaban J connectivity index is 0. The van der Waals surface area contributed by atoms with E-state index in [1.807, 2.05) is 0 Å². The molecule has 0 saturated carbocycles. The molecule has 0 unspecified atom stereocenters. The molecule has 38 valence electrons. The quantitative estimate of drug-likeness (QED) is 0.670. The second-order valence-corrected chi connectivity index (χ2v) is 1.02. The number of nitrogens with zero attached hydrogens (tertiary/aromatic N) is 1. The molecular formula is C4H4N2Y2-2. The van der Waals surface area contributed by atoms with E-state index in [-0.39, 0.29) is 65.4 Å². The van der Waals surface area contributed by atoms with Gasteiger partial charge < -0.3 is 22.7 Å². The van der Waals surface area contributed by atoms with E-state index >= 15 is 0 Å². The number of H-pyrrole nitrogens is 1. The largest absolute Gasteiger partial charge is 0.415 e. The SMILES string of the molecule is [CH2-]c1[c-]n[nH]c1.[Y].[Y]. The Morgan fingerprint density at radius 3 is 2.38 bits per heavy atom. The Kier molecular flexibility index (Phi) is 9.62. The molecule has 2 nitrogen and oxygen atoms in total. The van der Waals surface area contributed by atoms with Crippen LogP contribution >= 0.6 is 0 Å². The van der Waals surface area contributed by atoms with Gasteiger partial charge in [0.05, 0.1) is 0 Å².